The van der Waals surface area contributed by atoms with Gasteiger partial charge in [0.15, 0.2) is 5.65 Å². The molecule has 1 unspecified atom stereocenters. The lowest BCUT2D eigenvalue weighted by atomic mass is 10.1. The van der Waals surface area contributed by atoms with Crippen LogP contribution in [0.25, 0.3) is 11.0 Å². The number of nitrogens with one attached hydrogen (secondary N) is 1. The topological polar surface area (TPSA) is 104 Å². The summed E-state index contributed by atoms with van der Waals surface area (Å²) < 4.78 is 7.44. The van der Waals surface area contributed by atoms with Crippen molar-refractivity contribution in [3.63, 3.8) is 0 Å². The van der Waals surface area contributed by atoms with E-state index in [1.807, 2.05) is 24.7 Å². The van der Waals surface area contributed by atoms with E-state index in [0.717, 1.165) is 63.0 Å². The minimum absolute atomic E-state index is 0. The molecule has 0 aromatic carbocycles. The fourth-order valence-electron chi connectivity index (χ4n) is 3.75. The number of nitrogens with two attached hydrogens (primary N) is 1. The number of methoxy groups -OCH3 is 1. The Morgan fingerprint density at radius 3 is 2.86 bits per heavy atom. The molecule has 3 N–H and O–H groups in total. The molecule has 0 spiro atoms. The number of nitrogen functional groups attached to an aromatic ring is 1. The Morgan fingerprint density at radius 1 is 1.34 bits per heavy atom. The molecule has 0 fully saturated rings. The van der Waals surface area contributed by atoms with Crippen LogP contribution in [0.3, 0.4) is 0 Å². The van der Waals surface area contributed by atoms with Gasteiger partial charge in [0.2, 0.25) is 5.95 Å². The molecule has 156 valence electrons. The van der Waals surface area contributed by atoms with Crippen LogP contribution in [0.5, 0.6) is 5.75 Å². The van der Waals surface area contributed by atoms with Crippen LogP contribution in [-0.4, -0.2) is 50.2 Å². The lowest BCUT2D eigenvalue weighted by Gasteiger charge is -2.14. The molecule has 8 nitrogen and oxygen atoms in total. The van der Waals surface area contributed by atoms with E-state index in [0.29, 0.717) is 12.6 Å². The molecule has 0 radical (unpaired) electrons. The Labute approximate surface area is 180 Å². The van der Waals surface area contributed by atoms with Crippen LogP contribution in [0.4, 0.5) is 5.95 Å². The molecular weight excluding hydrogens is 410 g/mol. The van der Waals surface area contributed by atoms with E-state index < -0.39 is 0 Å². The minimum atomic E-state index is 0. The average Bonchev–Trinajstić information content (AvgIpc) is 2.89. The molecular formula is C19H26ClN7OS. The molecule has 3 aromatic heterocycles. The zero-order valence-electron chi connectivity index (χ0n) is 17.0. The zero-order valence-corrected chi connectivity index (χ0v) is 18.7. The summed E-state index contributed by atoms with van der Waals surface area (Å²) in [6, 6.07) is 0.344. The van der Waals surface area contributed by atoms with Gasteiger partial charge in [-0.05, 0) is 20.4 Å². The standard InChI is InChI=1S/C19H25N7OS.ClH/c1-5-21-12-6-13-15-17(23-19(20)24-18(15)28-9-12)26(25-13)8-14-11(3)16(27-4)10(2)7-22-14;/h7,12,21H,5-6,8-9H2,1-4H3,(H2,20,23,24);1H. The van der Waals surface area contributed by atoms with Crippen molar-refractivity contribution in [1.29, 1.82) is 0 Å². The summed E-state index contributed by atoms with van der Waals surface area (Å²) in [6.07, 6.45) is 2.68. The highest BCUT2D eigenvalue weighted by Crippen LogP contribution is 2.34. The zero-order chi connectivity index (χ0) is 19.8. The second kappa shape index (κ2) is 8.73. The predicted octanol–water partition coefficient (Wildman–Crippen LogP) is 2.53. The summed E-state index contributed by atoms with van der Waals surface area (Å²) in [7, 11) is 1.69. The van der Waals surface area contributed by atoms with Gasteiger partial charge in [0.05, 0.1) is 30.4 Å². The number of ether oxygens (including phenoxy) is 1. The molecule has 10 heteroatoms. The molecule has 1 aliphatic heterocycles. The summed E-state index contributed by atoms with van der Waals surface area (Å²) >= 11 is 1.71. The number of hydrogen-bond acceptors (Lipinski definition) is 8. The minimum Gasteiger partial charge on any atom is -0.496 e. The third kappa shape index (κ3) is 3.99. The van der Waals surface area contributed by atoms with Gasteiger partial charge in [0.25, 0.3) is 0 Å². The maximum atomic E-state index is 6.01. The average molecular weight is 436 g/mol. The summed E-state index contributed by atoms with van der Waals surface area (Å²) in [5.74, 6) is 2.07. The second-order valence-electron chi connectivity index (χ2n) is 7.01. The molecule has 1 aliphatic rings. The van der Waals surface area contributed by atoms with E-state index in [-0.39, 0.29) is 18.4 Å². The fourth-order valence-corrected chi connectivity index (χ4v) is 4.86. The van der Waals surface area contributed by atoms with E-state index in [2.05, 4.69) is 27.2 Å². The number of aryl methyl sites for hydroxylation is 1. The first-order chi connectivity index (χ1) is 13.5. The van der Waals surface area contributed by atoms with Crippen molar-refractivity contribution in [3.05, 3.63) is 28.7 Å². The van der Waals surface area contributed by atoms with Gasteiger partial charge >= 0.3 is 0 Å². The number of halogens is 1. The van der Waals surface area contributed by atoms with Gasteiger partial charge < -0.3 is 15.8 Å². The van der Waals surface area contributed by atoms with E-state index in [1.165, 1.54) is 0 Å². The Bertz CT molecular complexity index is 1040. The molecule has 1 atom stereocenters. The largest absolute Gasteiger partial charge is 0.496 e. The maximum absolute atomic E-state index is 6.01. The number of thioether (sulfide) groups is 1. The Morgan fingerprint density at radius 2 is 2.14 bits per heavy atom. The summed E-state index contributed by atoms with van der Waals surface area (Å²) in [4.78, 5) is 13.6. The molecule has 0 saturated carbocycles. The van der Waals surface area contributed by atoms with E-state index >= 15 is 0 Å². The van der Waals surface area contributed by atoms with Gasteiger partial charge in [-0.3, -0.25) is 4.98 Å². The van der Waals surface area contributed by atoms with Crippen molar-refractivity contribution in [2.75, 3.05) is 25.1 Å². The monoisotopic (exact) mass is 435 g/mol. The van der Waals surface area contributed by atoms with E-state index in [4.69, 9.17) is 15.6 Å². The quantitative estimate of drug-likeness (QED) is 0.589. The van der Waals surface area contributed by atoms with Crippen LogP contribution in [0.15, 0.2) is 11.2 Å². The molecule has 29 heavy (non-hydrogen) atoms. The smallest absolute Gasteiger partial charge is 0.223 e. The van der Waals surface area contributed by atoms with Gasteiger partial charge in [-0.2, -0.15) is 10.1 Å². The van der Waals surface area contributed by atoms with Crippen molar-refractivity contribution in [1.82, 2.24) is 30.0 Å². The number of nitrogens with zero attached hydrogens (tertiary/aromatic N) is 5. The first-order valence-corrected chi connectivity index (χ1v) is 10.4. The molecule has 3 aromatic rings. The predicted molar refractivity (Wildman–Crippen MR) is 118 cm³/mol. The normalized spacial score (nSPS) is 15.8. The van der Waals surface area contributed by atoms with Gasteiger partial charge in [-0.15, -0.1) is 24.2 Å². The number of aromatic nitrogens is 5. The van der Waals surface area contributed by atoms with Crippen molar-refractivity contribution in [2.24, 2.45) is 0 Å². The van der Waals surface area contributed by atoms with Crippen molar-refractivity contribution >= 4 is 41.2 Å². The number of rotatable bonds is 5. The van der Waals surface area contributed by atoms with Crippen molar-refractivity contribution < 1.29 is 4.74 Å². The third-order valence-corrected chi connectivity index (χ3v) is 6.19. The van der Waals surface area contributed by atoms with Gasteiger partial charge in [0.1, 0.15) is 10.8 Å². The van der Waals surface area contributed by atoms with E-state index in [1.54, 1.807) is 18.9 Å². The van der Waals surface area contributed by atoms with Crippen LogP contribution < -0.4 is 15.8 Å². The van der Waals surface area contributed by atoms with Crippen LogP contribution in [0.2, 0.25) is 0 Å². The fraction of sp³-hybridized carbons (Fsp3) is 0.474. The summed E-state index contributed by atoms with van der Waals surface area (Å²) in [5.41, 5.74) is 10.7. The molecule has 4 rings (SSSR count). The van der Waals surface area contributed by atoms with Gasteiger partial charge in [-0.25, -0.2) is 9.67 Å². The third-order valence-electron chi connectivity index (χ3n) is 5.05. The Balaban J connectivity index is 0.00000240. The maximum Gasteiger partial charge on any atom is 0.223 e. The number of likely N-dealkylation sites (N-methyl/N-ethyl adjacent to an activating group) is 1. The Hall–Kier alpha value is -2.10. The van der Waals surface area contributed by atoms with Crippen molar-refractivity contribution in [2.45, 2.75) is 44.8 Å². The SMILES string of the molecule is CCNC1CSc2nc(N)nc3c2c(nn3Cc2ncc(C)c(OC)c2C)C1.Cl. The van der Waals surface area contributed by atoms with E-state index in [9.17, 15) is 0 Å². The molecule has 4 heterocycles. The van der Waals surface area contributed by atoms with Crippen LogP contribution >= 0.6 is 24.2 Å². The van der Waals surface area contributed by atoms with Crippen molar-refractivity contribution in [3.8, 4) is 5.75 Å². The number of hydrogen-bond donors (Lipinski definition) is 2. The Kier molecular flexibility index (Phi) is 6.50. The number of anilines is 1. The highest BCUT2D eigenvalue weighted by Gasteiger charge is 2.25. The summed E-state index contributed by atoms with van der Waals surface area (Å²) in [6.45, 7) is 7.56. The van der Waals surface area contributed by atoms with Crippen LogP contribution in [0, 0.1) is 13.8 Å². The highest BCUT2D eigenvalue weighted by molar-refractivity contribution is 7.99. The van der Waals surface area contributed by atoms with Gasteiger partial charge in [-0.1, -0.05) is 6.92 Å². The first-order valence-electron chi connectivity index (χ1n) is 9.40. The van der Waals surface area contributed by atoms with Crippen LogP contribution in [-0.2, 0) is 13.0 Å². The van der Waals surface area contributed by atoms with Gasteiger partial charge in [0, 0.05) is 35.5 Å². The lowest BCUT2D eigenvalue weighted by molar-refractivity contribution is 0.406. The molecule has 0 bridgehead atoms. The first kappa shape index (κ1) is 21.6. The molecule has 0 saturated heterocycles. The highest BCUT2D eigenvalue weighted by atomic mass is 35.5. The van der Waals surface area contributed by atoms with Crippen LogP contribution in [0.1, 0.15) is 29.4 Å². The molecule has 0 aliphatic carbocycles. The summed E-state index contributed by atoms with van der Waals surface area (Å²) in [5, 5.41) is 10.3. The lowest BCUT2D eigenvalue weighted by Crippen LogP contribution is -2.32. The number of pyridine rings is 1. The second-order valence-corrected chi connectivity index (χ2v) is 8.01. The molecule has 0 amide bonds.